The largest absolute Gasteiger partial charge is 0.497 e. The Kier molecular flexibility index (Phi) is 7.16. The van der Waals surface area contributed by atoms with E-state index in [0.29, 0.717) is 19.6 Å². The molecule has 1 aliphatic heterocycles. The van der Waals surface area contributed by atoms with Crippen LogP contribution in [0.1, 0.15) is 13.8 Å². The van der Waals surface area contributed by atoms with Crippen molar-refractivity contribution in [2.24, 2.45) is 12.0 Å². The van der Waals surface area contributed by atoms with Crippen molar-refractivity contribution in [3.8, 4) is 11.5 Å². The van der Waals surface area contributed by atoms with Crippen LogP contribution in [0.5, 0.6) is 11.5 Å². The highest BCUT2D eigenvalue weighted by molar-refractivity contribution is 5.98. The Bertz CT molecular complexity index is 881. The molecule has 2 heterocycles. The quantitative estimate of drug-likeness (QED) is 0.546. The Morgan fingerprint density at radius 1 is 1.33 bits per heavy atom. The predicted molar refractivity (Wildman–Crippen MR) is 116 cm³/mol. The smallest absolute Gasteiger partial charge is 0.246 e. The van der Waals surface area contributed by atoms with Crippen LogP contribution in [-0.2, 0) is 11.8 Å². The van der Waals surface area contributed by atoms with Gasteiger partial charge in [-0.1, -0.05) is 6.07 Å². The molecule has 162 valence electrons. The summed E-state index contributed by atoms with van der Waals surface area (Å²) in [6, 6.07) is 7.51. The number of nitrogens with one attached hydrogen (secondary N) is 1. The zero-order valence-electron chi connectivity index (χ0n) is 18.0. The van der Waals surface area contributed by atoms with Crippen LogP contribution in [0.2, 0.25) is 0 Å². The minimum atomic E-state index is -0.127. The molecule has 3 rings (SSSR count). The van der Waals surface area contributed by atoms with Gasteiger partial charge in [0.2, 0.25) is 5.91 Å². The number of hydrogen-bond donors (Lipinski definition) is 1. The second-order valence-electron chi connectivity index (χ2n) is 7.14. The molecular formula is C21H30N6O3. The summed E-state index contributed by atoms with van der Waals surface area (Å²) in [5, 5.41) is 7.44. The standard InChI is InChI=1S/C21H30N6O3/c1-5-22-21(23-12-16(2)30-19-8-6-7-18(11-19)29-4)26-9-10-27(20(28)15-26)17-13-24-25(3)14-17/h6-8,11,13-14,16H,5,9-10,12,15H2,1-4H3,(H,22,23). The Labute approximate surface area is 177 Å². The molecule has 9 nitrogen and oxygen atoms in total. The number of piperazine rings is 1. The van der Waals surface area contributed by atoms with Crippen LogP contribution < -0.4 is 19.7 Å². The molecule has 0 radical (unpaired) electrons. The number of amides is 1. The van der Waals surface area contributed by atoms with Crippen molar-refractivity contribution >= 4 is 17.6 Å². The number of rotatable bonds is 7. The molecule has 1 aliphatic rings. The molecule has 0 bridgehead atoms. The van der Waals surface area contributed by atoms with E-state index in [2.05, 4.69) is 10.4 Å². The van der Waals surface area contributed by atoms with Gasteiger partial charge < -0.3 is 24.6 Å². The number of ether oxygens (including phenoxy) is 2. The minimum absolute atomic E-state index is 0.0283. The third kappa shape index (κ3) is 5.43. The fourth-order valence-electron chi connectivity index (χ4n) is 3.26. The van der Waals surface area contributed by atoms with Crippen LogP contribution in [0.3, 0.4) is 0 Å². The van der Waals surface area contributed by atoms with Gasteiger partial charge in [0.15, 0.2) is 5.96 Å². The van der Waals surface area contributed by atoms with Crippen molar-refractivity contribution in [1.29, 1.82) is 0 Å². The Hall–Kier alpha value is -3.23. The lowest BCUT2D eigenvalue weighted by atomic mass is 10.3. The molecule has 1 atom stereocenters. The number of methoxy groups -OCH3 is 1. The van der Waals surface area contributed by atoms with Crippen molar-refractivity contribution in [3.05, 3.63) is 36.7 Å². The fourth-order valence-corrected chi connectivity index (χ4v) is 3.26. The van der Waals surface area contributed by atoms with E-state index in [1.807, 2.05) is 56.3 Å². The van der Waals surface area contributed by atoms with E-state index in [4.69, 9.17) is 14.5 Å². The number of anilines is 1. The summed E-state index contributed by atoms with van der Waals surface area (Å²) in [5.74, 6) is 2.24. The molecule has 1 saturated heterocycles. The van der Waals surface area contributed by atoms with Crippen molar-refractivity contribution in [3.63, 3.8) is 0 Å². The summed E-state index contributed by atoms with van der Waals surface area (Å²) >= 11 is 0. The number of hydrogen-bond acceptors (Lipinski definition) is 5. The van der Waals surface area contributed by atoms with Crippen LogP contribution in [0.4, 0.5) is 5.69 Å². The number of aromatic nitrogens is 2. The number of aryl methyl sites for hydroxylation is 1. The molecular weight excluding hydrogens is 384 g/mol. The Morgan fingerprint density at radius 3 is 2.80 bits per heavy atom. The van der Waals surface area contributed by atoms with E-state index in [1.165, 1.54) is 0 Å². The van der Waals surface area contributed by atoms with Crippen LogP contribution in [0.25, 0.3) is 0 Å². The van der Waals surface area contributed by atoms with Crippen molar-refractivity contribution < 1.29 is 14.3 Å². The van der Waals surface area contributed by atoms with E-state index in [0.717, 1.165) is 29.7 Å². The third-order valence-electron chi connectivity index (χ3n) is 4.73. The first-order chi connectivity index (χ1) is 14.5. The van der Waals surface area contributed by atoms with Gasteiger partial charge >= 0.3 is 0 Å². The van der Waals surface area contributed by atoms with Gasteiger partial charge in [-0.2, -0.15) is 5.10 Å². The highest BCUT2D eigenvalue weighted by Gasteiger charge is 2.27. The van der Waals surface area contributed by atoms with E-state index in [-0.39, 0.29) is 18.6 Å². The predicted octanol–water partition coefficient (Wildman–Crippen LogP) is 1.51. The van der Waals surface area contributed by atoms with Gasteiger partial charge in [-0.15, -0.1) is 0 Å². The van der Waals surface area contributed by atoms with Crippen LogP contribution in [0, 0.1) is 0 Å². The average molecular weight is 415 g/mol. The lowest BCUT2D eigenvalue weighted by Gasteiger charge is -2.35. The van der Waals surface area contributed by atoms with Gasteiger partial charge in [0.25, 0.3) is 0 Å². The molecule has 9 heteroatoms. The lowest BCUT2D eigenvalue weighted by molar-refractivity contribution is -0.120. The molecule has 1 amide bonds. The van der Waals surface area contributed by atoms with Crippen LogP contribution in [0.15, 0.2) is 41.7 Å². The van der Waals surface area contributed by atoms with Gasteiger partial charge in [0.05, 0.1) is 25.5 Å². The SMILES string of the molecule is CCNC(=NCC(C)Oc1cccc(OC)c1)N1CCN(c2cnn(C)c2)C(=O)C1. The first-order valence-electron chi connectivity index (χ1n) is 10.1. The Morgan fingerprint density at radius 2 is 2.13 bits per heavy atom. The number of carbonyl (C=O) groups is 1. The highest BCUT2D eigenvalue weighted by Crippen LogP contribution is 2.20. The maximum absolute atomic E-state index is 12.7. The second kappa shape index (κ2) is 10.00. The molecule has 1 aromatic heterocycles. The van der Waals surface area contributed by atoms with E-state index >= 15 is 0 Å². The monoisotopic (exact) mass is 414 g/mol. The maximum Gasteiger partial charge on any atom is 0.246 e. The summed E-state index contributed by atoms with van der Waals surface area (Å²) in [4.78, 5) is 21.1. The van der Waals surface area contributed by atoms with Crippen LogP contribution in [-0.4, -0.2) is 72.5 Å². The molecule has 0 aliphatic carbocycles. The normalized spacial score (nSPS) is 15.9. The zero-order chi connectivity index (χ0) is 21.5. The van der Waals surface area contributed by atoms with Gasteiger partial charge in [-0.05, 0) is 26.0 Å². The number of carbonyl (C=O) groups excluding carboxylic acids is 1. The summed E-state index contributed by atoms with van der Waals surface area (Å²) in [7, 11) is 3.47. The molecule has 1 fully saturated rings. The van der Waals surface area contributed by atoms with E-state index in [1.54, 1.807) is 22.9 Å². The lowest BCUT2D eigenvalue weighted by Crippen LogP contribution is -2.55. The van der Waals surface area contributed by atoms with Crippen LogP contribution >= 0.6 is 0 Å². The first-order valence-corrected chi connectivity index (χ1v) is 10.1. The zero-order valence-corrected chi connectivity index (χ0v) is 18.0. The second-order valence-corrected chi connectivity index (χ2v) is 7.14. The number of benzene rings is 1. The summed E-state index contributed by atoms with van der Waals surface area (Å²) in [6.07, 6.45) is 3.44. The summed E-state index contributed by atoms with van der Waals surface area (Å²) < 4.78 is 12.9. The van der Waals surface area contributed by atoms with Gasteiger partial charge in [0, 0.05) is 38.9 Å². The number of guanidine groups is 1. The molecule has 1 N–H and O–H groups in total. The average Bonchev–Trinajstić information content (AvgIpc) is 3.17. The first kappa shape index (κ1) is 21.5. The third-order valence-corrected chi connectivity index (χ3v) is 4.73. The maximum atomic E-state index is 12.7. The molecule has 1 aromatic carbocycles. The Balaban J connectivity index is 1.60. The summed E-state index contributed by atoms with van der Waals surface area (Å²) in [5.41, 5.74) is 0.824. The molecule has 0 saturated carbocycles. The van der Waals surface area contributed by atoms with Crippen molar-refractivity contribution in [2.75, 3.05) is 44.7 Å². The molecule has 30 heavy (non-hydrogen) atoms. The van der Waals surface area contributed by atoms with E-state index in [9.17, 15) is 4.79 Å². The topological polar surface area (TPSA) is 84.2 Å². The minimum Gasteiger partial charge on any atom is -0.497 e. The molecule has 2 aromatic rings. The van der Waals surface area contributed by atoms with Crippen molar-refractivity contribution in [1.82, 2.24) is 20.0 Å². The van der Waals surface area contributed by atoms with E-state index < -0.39 is 0 Å². The summed E-state index contributed by atoms with van der Waals surface area (Å²) in [6.45, 7) is 6.73. The highest BCUT2D eigenvalue weighted by atomic mass is 16.5. The van der Waals surface area contributed by atoms with Gasteiger partial charge in [0.1, 0.15) is 24.1 Å². The van der Waals surface area contributed by atoms with Gasteiger partial charge in [-0.3, -0.25) is 9.48 Å². The number of aliphatic imine (C=N–C) groups is 1. The molecule has 1 unspecified atom stereocenters. The molecule has 0 spiro atoms. The van der Waals surface area contributed by atoms with Gasteiger partial charge in [-0.25, -0.2) is 4.99 Å². The fraction of sp³-hybridized carbons (Fsp3) is 0.476. The number of nitrogens with zero attached hydrogens (tertiary/aromatic N) is 5. The van der Waals surface area contributed by atoms with Crippen molar-refractivity contribution in [2.45, 2.75) is 20.0 Å².